The molecule has 7 heteroatoms. The number of carbonyl (C=O) groups is 2. The van der Waals surface area contributed by atoms with E-state index in [9.17, 15) is 14.9 Å². The van der Waals surface area contributed by atoms with Crippen LogP contribution in [0, 0.1) is 16.7 Å². The Hall–Kier alpha value is -2.26. The number of nitrogens with zero attached hydrogens (tertiary/aromatic N) is 2. The van der Waals surface area contributed by atoms with Crippen molar-refractivity contribution in [3.8, 4) is 11.8 Å². The number of ketones is 1. The molecule has 0 unspecified atom stereocenters. The van der Waals surface area contributed by atoms with Gasteiger partial charge in [0, 0.05) is 13.1 Å². The zero-order chi connectivity index (χ0) is 19.1. The molecule has 138 valence electrons. The maximum atomic E-state index is 13.1. The molecule has 1 amide bonds. The third kappa shape index (κ3) is 3.24. The number of rotatable bonds is 0. The predicted molar refractivity (Wildman–Crippen MR) is 95.5 cm³/mol. The SMILES string of the molecule is CC(C)(C)OC(=O)N1CCC2(CC1)COc1c(ccc(Cl)c1C#N)C2=O. The van der Waals surface area contributed by atoms with Crippen LogP contribution in [0.2, 0.25) is 5.02 Å². The van der Waals surface area contributed by atoms with Gasteiger partial charge < -0.3 is 14.4 Å². The van der Waals surface area contributed by atoms with Gasteiger partial charge in [0.1, 0.15) is 29.6 Å². The lowest BCUT2D eigenvalue weighted by atomic mass is 9.72. The predicted octanol–water partition coefficient (Wildman–Crippen LogP) is 3.80. The topological polar surface area (TPSA) is 79.6 Å². The molecule has 2 aliphatic rings. The van der Waals surface area contributed by atoms with E-state index in [1.807, 2.05) is 26.8 Å². The maximum Gasteiger partial charge on any atom is 0.410 e. The van der Waals surface area contributed by atoms with Crippen LogP contribution in [0.4, 0.5) is 4.79 Å². The van der Waals surface area contributed by atoms with Gasteiger partial charge in [-0.3, -0.25) is 4.79 Å². The monoisotopic (exact) mass is 376 g/mol. The Kier molecular flexibility index (Phi) is 4.61. The number of nitriles is 1. The number of amides is 1. The number of benzene rings is 1. The van der Waals surface area contributed by atoms with Gasteiger partial charge in [-0.15, -0.1) is 0 Å². The molecule has 0 N–H and O–H groups in total. The van der Waals surface area contributed by atoms with Gasteiger partial charge in [0.15, 0.2) is 5.78 Å². The van der Waals surface area contributed by atoms with E-state index < -0.39 is 11.0 Å². The summed E-state index contributed by atoms with van der Waals surface area (Å²) in [5.74, 6) is 0.223. The quantitative estimate of drug-likeness (QED) is 0.688. The Balaban J connectivity index is 1.78. The number of hydrogen-bond donors (Lipinski definition) is 0. The summed E-state index contributed by atoms with van der Waals surface area (Å²) < 4.78 is 11.2. The number of Topliss-reactive ketones (excluding diaryl/α,β-unsaturated/α-hetero) is 1. The number of halogens is 1. The fraction of sp³-hybridized carbons (Fsp3) is 0.526. The molecule has 3 rings (SSSR count). The first-order valence-electron chi connectivity index (χ1n) is 8.55. The van der Waals surface area contributed by atoms with Gasteiger partial charge in [-0.2, -0.15) is 5.26 Å². The zero-order valence-corrected chi connectivity index (χ0v) is 15.9. The first-order chi connectivity index (χ1) is 12.2. The highest BCUT2D eigenvalue weighted by Crippen LogP contribution is 2.44. The minimum atomic E-state index is -0.675. The molecular weight excluding hydrogens is 356 g/mol. The summed E-state index contributed by atoms with van der Waals surface area (Å²) in [5.41, 5.74) is -0.644. The molecular formula is C19H21ClN2O4. The van der Waals surface area contributed by atoms with Crippen molar-refractivity contribution >= 4 is 23.5 Å². The molecule has 1 saturated heterocycles. The van der Waals surface area contributed by atoms with Crippen LogP contribution in [0.3, 0.4) is 0 Å². The minimum Gasteiger partial charge on any atom is -0.490 e. The molecule has 1 spiro atoms. The van der Waals surface area contributed by atoms with Crippen LogP contribution in [-0.4, -0.2) is 42.1 Å². The van der Waals surface area contributed by atoms with Crippen LogP contribution in [0.5, 0.6) is 5.75 Å². The highest BCUT2D eigenvalue weighted by molar-refractivity contribution is 6.32. The van der Waals surface area contributed by atoms with Crippen molar-refractivity contribution in [2.75, 3.05) is 19.7 Å². The second-order valence-corrected chi connectivity index (χ2v) is 8.18. The van der Waals surface area contributed by atoms with Gasteiger partial charge >= 0.3 is 6.09 Å². The number of hydrogen-bond acceptors (Lipinski definition) is 5. The highest BCUT2D eigenvalue weighted by atomic mass is 35.5. The average Bonchev–Trinajstić information content (AvgIpc) is 2.57. The smallest absolute Gasteiger partial charge is 0.410 e. The fourth-order valence-electron chi connectivity index (χ4n) is 3.37. The lowest BCUT2D eigenvalue weighted by molar-refractivity contribution is 0.00197. The Labute approximate surface area is 157 Å². The molecule has 0 aliphatic carbocycles. The summed E-state index contributed by atoms with van der Waals surface area (Å²) in [4.78, 5) is 27.0. The van der Waals surface area contributed by atoms with E-state index in [1.54, 1.807) is 17.0 Å². The van der Waals surface area contributed by atoms with Crippen LogP contribution in [0.15, 0.2) is 12.1 Å². The Bertz CT molecular complexity index is 799. The van der Waals surface area contributed by atoms with Crippen molar-refractivity contribution in [2.45, 2.75) is 39.2 Å². The summed E-state index contributed by atoms with van der Waals surface area (Å²) in [6.07, 6.45) is 0.625. The molecule has 0 atom stereocenters. The van der Waals surface area contributed by atoms with Gasteiger partial charge in [0.2, 0.25) is 0 Å². The number of likely N-dealkylation sites (tertiary alicyclic amines) is 1. The molecule has 0 aromatic heterocycles. The van der Waals surface area contributed by atoms with E-state index in [0.29, 0.717) is 31.5 Å². The molecule has 1 aromatic rings. The third-order valence-electron chi connectivity index (χ3n) is 4.81. The Morgan fingerprint density at radius 1 is 1.35 bits per heavy atom. The van der Waals surface area contributed by atoms with Gasteiger partial charge in [0.05, 0.1) is 16.0 Å². The van der Waals surface area contributed by atoms with Gasteiger partial charge in [-0.05, 0) is 45.7 Å². The third-order valence-corrected chi connectivity index (χ3v) is 5.12. The van der Waals surface area contributed by atoms with Crippen molar-refractivity contribution in [3.05, 3.63) is 28.3 Å². The largest absolute Gasteiger partial charge is 0.490 e. The lowest BCUT2D eigenvalue weighted by Crippen LogP contribution is -2.51. The standard InChI is InChI=1S/C19H21ClN2O4/c1-18(2,3)26-17(24)22-8-6-19(7-9-22)11-25-15-12(16(19)23)4-5-14(20)13(15)10-21/h4-5H,6-9,11H2,1-3H3. The normalized spacial score (nSPS) is 18.7. The highest BCUT2D eigenvalue weighted by Gasteiger charge is 2.47. The number of carbonyl (C=O) groups excluding carboxylic acids is 2. The summed E-state index contributed by atoms with van der Waals surface area (Å²) in [6, 6.07) is 5.16. The summed E-state index contributed by atoms with van der Waals surface area (Å²) in [6.45, 7) is 6.52. The van der Waals surface area contributed by atoms with E-state index in [2.05, 4.69) is 0 Å². The number of fused-ring (bicyclic) bond motifs is 1. The molecule has 1 fully saturated rings. The Morgan fingerprint density at radius 3 is 2.58 bits per heavy atom. The first-order valence-corrected chi connectivity index (χ1v) is 8.93. The Morgan fingerprint density at radius 2 is 2.00 bits per heavy atom. The van der Waals surface area contributed by atoms with E-state index in [1.165, 1.54) is 0 Å². The average molecular weight is 377 g/mol. The second-order valence-electron chi connectivity index (χ2n) is 7.78. The van der Waals surface area contributed by atoms with Crippen molar-refractivity contribution in [3.63, 3.8) is 0 Å². The van der Waals surface area contributed by atoms with E-state index >= 15 is 0 Å². The van der Waals surface area contributed by atoms with E-state index in [4.69, 9.17) is 21.1 Å². The first kappa shape index (κ1) is 18.5. The lowest BCUT2D eigenvalue weighted by Gasteiger charge is -2.43. The molecule has 2 aliphatic heterocycles. The zero-order valence-electron chi connectivity index (χ0n) is 15.1. The number of ether oxygens (including phenoxy) is 2. The molecule has 0 bridgehead atoms. The summed E-state index contributed by atoms with van der Waals surface area (Å²) >= 11 is 6.02. The molecule has 0 saturated carbocycles. The van der Waals surface area contributed by atoms with E-state index in [0.717, 1.165) is 0 Å². The fourth-order valence-corrected chi connectivity index (χ4v) is 3.56. The minimum absolute atomic E-state index is 0.0456. The number of piperidine rings is 1. The van der Waals surface area contributed by atoms with Gasteiger partial charge in [0.25, 0.3) is 0 Å². The van der Waals surface area contributed by atoms with Crippen molar-refractivity contribution in [1.29, 1.82) is 5.26 Å². The summed E-state index contributed by atoms with van der Waals surface area (Å²) in [5, 5.41) is 9.54. The van der Waals surface area contributed by atoms with Crippen LogP contribution in [0.25, 0.3) is 0 Å². The van der Waals surface area contributed by atoms with Crippen LogP contribution < -0.4 is 4.74 Å². The molecule has 1 aromatic carbocycles. The van der Waals surface area contributed by atoms with Crippen LogP contribution >= 0.6 is 11.6 Å². The summed E-state index contributed by atoms with van der Waals surface area (Å²) in [7, 11) is 0. The molecule has 6 nitrogen and oxygen atoms in total. The van der Waals surface area contributed by atoms with Gasteiger partial charge in [-0.1, -0.05) is 11.6 Å². The second kappa shape index (κ2) is 6.48. The van der Waals surface area contributed by atoms with Crippen molar-refractivity contribution < 1.29 is 19.1 Å². The van der Waals surface area contributed by atoms with Crippen LogP contribution in [0.1, 0.15) is 49.5 Å². The molecule has 26 heavy (non-hydrogen) atoms. The van der Waals surface area contributed by atoms with E-state index in [-0.39, 0.29) is 34.8 Å². The van der Waals surface area contributed by atoms with Crippen molar-refractivity contribution in [2.24, 2.45) is 5.41 Å². The van der Waals surface area contributed by atoms with Gasteiger partial charge in [-0.25, -0.2) is 4.79 Å². The van der Waals surface area contributed by atoms with Crippen molar-refractivity contribution in [1.82, 2.24) is 4.90 Å². The molecule has 0 radical (unpaired) electrons. The van der Waals surface area contributed by atoms with Crippen LogP contribution in [-0.2, 0) is 4.74 Å². The maximum absolute atomic E-state index is 13.1. The molecule has 2 heterocycles.